The summed E-state index contributed by atoms with van der Waals surface area (Å²) in [5.74, 6) is -5.45. The van der Waals surface area contributed by atoms with Crippen molar-refractivity contribution in [2.75, 3.05) is 7.05 Å². The largest absolute Gasteiger partial charge is 0.383 e. The third kappa shape index (κ3) is 3.13. The SMILES string of the molecule is CN(Cc1cc([N+](=O)[O-])ccc1Cl)C(=O)C(F)(F)C1(O)CCC1. The first-order chi connectivity index (χ1) is 10.6. The summed E-state index contributed by atoms with van der Waals surface area (Å²) in [6.45, 7) is -0.328. The van der Waals surface area contributed by atoms with Gasteiger partial charge in [0.2, 0.25) is 0 Å². The van der Waals surface area contributed by atoms with Crippen molar-refractivity contribution >= 4 is 23.2 Å². The van der Waals surface area contributed by atoms with Crippen molar-refractivity contribution in [1.29, 1.82) is 0 Å². The van der Waals surface area contributed by atoms with Crippen molar-refractivity contribution < 1.29 is 23.6 Å². The molecule has 0 atom stereocenters. The van der Waals surface area contributed by atoms with E-state index < -0.39 is 22.4 Å². The van der Waals surface area contributed by atoms with E-state index in [-0.39, 0.29) is 35.7 Å². The van der Waals surface area contributed by atoms with E-state index in [4.69, 9.17) is 11.6 Å². The van der Waals surface area contributed by atoms with Crippen LogP contribution < -0.4 is 0 Å². The van der Waals surface area contributed by atoms with Crippen LogP contribution >= 0.6 is 11.6 Å². The van der Waals surface area contributed by atoms with Crippen LogP contribution in [0.1, 0.15) is 24.8 Å². The van der Waals surface area contributed by atoms with Gasteiger partial charge in [-0.1, -0.05) is 11.6 Å². The average molecular weight is 349 g/mol. The van der Waals surface area contributed by atoms with Crippen molar-refractivity contribution in [2.45, 2.75) is 37.3 Å². The minimum absolute atomic E-state index is 0.126. The molecule has 1 N–H and O–H groups in total. The molecule has 0 unspecified atom stereocenters. The van der Waals surface area contributed by atoms with E-state index in [2.05, 4.69) is 0 Å². The zero-order chi connectivity index (χ0) is 17.4. The molecule has 1 saturated carbocycles. The highest BCUT2D eigenvalue weighted by Crippen LogP contribution is 2.45. The Morgan fingerprint density at radius 2 is 2.13 bits per heavy atom. The lowest BCUT2D eigenvalue weighted by atomic mass is 9.75. The second-order valence-corrected chi connectivity index (χ2v) is 6.06. The van der Waals surface area contributed by atoms with Crippen LogP contribution in [0.2, 0.25) is 5.02 Å². The minimum atomic E-state index is -3.91. The number of hydrogen-bond acceptors (Lipinski definition) is 4. The fourth-order valence-corrected chi connectivity index (χ4v) is 2.56. The van der Waals surface area contributed by atoms with Gasteiger partial charge >= 0.3 is 5.92 Å². The molecule has 0 bridgehead atoms. The minimum Gasteiger partial charge on any atom is -0.383 e. The molecule has 1 amide bonds. The van der Waals surface area contributed by atoms with Gasteiger partial charge in [0, 0.05) is 30.7 Å². The number of rotatable bonds is 5. The molecular formula is C14H15ClF2N2O4. The molecule has 1 aromatic rings. The first-order valence-electron chi connectivity index (χ1n) is 6.87. The Labute approximate surface area is 135 Å². The molecule has 1 aliphatic carbocycles. The number of nitro benzene ring substituents is 1. The first kappa shape index (κ1) is 17.6. The predicted octanol–water partition coefficient (Wildman–Crippen LogP) is 2.76. The third-order valence-corrected chi connectivity index (χ3v) is 4.40. The summed E-state index contributed by atoms with van der Waals surface area (Å²) in [5, 5.41) is 20.7. The molecule has 0 aromatic heterocycles. The maximum atomic E-state index is 14.1. The van der Waals surface area contributed by atoms with Crippen LogP contribution in [-0.2, 0) is 11.3 Å². The van der Waals surface area contributed by atoms with Crippen LogP contribution in [0, 0.1) is 10.1 Å². The Morgan fingerprint density at radius 3 is 2.61 bits per heavy atom. The van der Waals surface area contributed by atoms with E-state index in [1.54, 1.807) is 0 Å². The molecular weight excluding hydrogens is 334 g/mol. The second kappa shape index (κ2) is 6.01. The number of hydrogen-bond donors (Lipinski definition) is 1. The third-order valence-electron chi connectivity index (χ3n) is 4.03. The topological polar surface area (TPSA) is 83.7 Å². The first-order valence-corrected chi connectivity index (χ1v) is 7.25. The normalized spacial score (nSPS) is 16.6. The standard InChI is InChI=1S/C14H15ClF2N2O4/c1-18(12(20)14(16,17)13(21)5-2-6-13)8-9-7-10(19(22)23)3-4-11(9)15/h3-4,7,21H,2,5-6,8H2,1H3. The maximum absolute atomic E-state index is 14.1. The number of non-ortho nitro benzene ring substituents is 1. The number of aliphatic hydroxyl groups is 1. The van der Waals surface area contributed by atoms with Gasteiger partial charge in [-0.2, -0.15) is 8.78 Å². The summed E-state index contributed by atoms with van der Waals surface area (Å²) in [7, 11) is 1.13. The van der Waals surface area contributed by atoms with Crippen LogP contribution in [0.5, 0.6) is 0 Å². The monoisotopic (exact) mass is 348 g/mol. The lowest BCUT2D eigenvalue weighted by Gasteiger charge is -2.42. The fourth-order valence-electron chi connectivity index (χ4n) is 2.39. The molecule has 0 aliphatic heterocycles. The van der Waals surface area contributed by atoms with Crippen molar-refractivity contribution in [3.8, 4) is 0 Å². The van der Waals surface area contributed by atoms with E-state index in [0.29, 0.717) is 11.3 Å². The number of carbonyl (C=O) groups is 1. The lowest BCUT2D eigenvalue weighted by molar-refractivity contribution is -0.384. The highest BCUT2D eigenvalue weighted by Gasteiger charge is 2.61. The Balaban J connectivity index is 2.18. The fraction of sp³-hybridized carbons (Fsp3) is 0.500. The van der Waals surface area contributed by atoms with Crippen molar-refractivity contribution in [1.82, 2.24) is 4.90 Å². The Bertz CT molecular complexity index is 650. The van der Waals surface area contributed by atoms with Crippen molar-refractivity contribution in [2.24, 2.45) is 0 Å². The highest BCUT2D eigenvalue weighted by atomic mass is 35.5. The molecule has 2 rings (SSSR count). The zero-order valence-electron chi connectivity index (χ0n) is 12.3. The molecule has 23 heavy (non-hydrogen) atoms. The molecule has 0 radical (unpaired) electrons. The summed E-state index contributed by atoms with van der Waals surface area (Å²) in [6, 6.07) is 3.58. The summed E-state index contributed by atoms with van der Waals surface area (Å²) in [5.41, 5.74) is -2.40. The van der Waals surface area contributed by atoms with E-state index >= 15 is 0 Å². The smallest absolute Gasteiger partial charge is 0.352 e. The van der Waals surface area contributed by atoms with E-state index in [9.17, 15) is 28.8 Å². The van der Waals surface area contributed by atoms with Crippen LogP contribution in [0.15, 0.2) is 18.2 Å². The average Bonchev–Trinajstić information content (AvgIpc) is 2.45. The van der Waals surface area contributed by atoms with E-state index in [1.165, 1.54) is 12.1 Å². The van der Waals surface area contributed by atoms with Gasteiger partial charge in [-0.25, -0.2) is 0 Å². The van der Waals surface area contributed by atoms with E-state index in [0.717, 1.165) is 13.1 Å². The van der Waals surface area contributed by atoms with Crippen molar-refractivity contribution in [3.63, 3.8) is 0 Å². The zero-order valence-corrected chi connectivity index (χ0v) is 13.0. The summed E-state index contributed by atoms with van der Waals surface area (Å²) in [6.07, 6.45) is 0.147. The Hall–Kier alpha value is -1.80. The number of benzene rings is 1. The van der Waals surface area contributed by atoms with Gasteiger partial charge in [0.15, 0.2) is 0 Å². The predicted molar refractivity (Wildman–Crippen MR) is 78.3 cm³/mol. The van der Waals surface area contributed by atoms with Gasteiger partial charge in [0.05, 0.1) is 4.92 Å². The lowest BCUT2D eigenvalue weighted by Crippen LogP contribution is -2.60. The Morgan fingerprint density at radius 1 is 1.52 bits per heavy atom. The molecule has 0 spiro atoms. The van der Waals surface area contributed by atoms with Gasteiger partial charge in [0.1, 0.15) is 5.60 Å². The number of carbonyl (C=O) groups excluding carboxylic acids is 1. The van der Waals surface area contributed by atoms with Crippen LogP contribution in [0.3, 0.4) is 0 Å². The van der Waals surface area contributed by atoms with Crippen LogP contribution in [-0.4, -0.2) is 39.4 Å². The Kier molecular flexibility index (Phi) is 4.59. The maximum Gasteiger partial charge on any atom is 0.352 e. The van der Waals surface area contributed by atoms with Gasteiger partial charge in [-0.15, -0.1) is 0 Å². The number of nitrogens with zero attached hydrogens (tertiary/aromatic N) is 2. The van der Waals surface area contributed by atoms with Crippen LogP contribution in [0.4, 0.5) is 14.5 Å². The summed E-state index contributed by atoms with van der Waals surface area (Å²) < 4.78 is 28.3. The number of nitro groups is 1. The molecule has 0 saturated heterocycles. The number of alkyl halides is 2. The van der Waals surface area contributed by atoms with Gasteiger partial charge < -0.3 is 10.0 Å². The van der Waals surface area contributed by atoms with Gasteiger partial charge in [-0.05, 0) is 30.9 Å². The van der Waals surface area contributed by atoms with Crippen LogP contribution in [0.25, 0.3) is 0 Å². The quantitative estimate of drug-likeness (QED) is 0.655. The molecule has 6 nitrogen and oxygen atoms in total. The molecule has 1 aromatic carbocycles. The summed E-state index contributed by atoms with van der Waals surface area (Å²) >= 11 is 5.89. The molecule has 9 heteroatoms. The number of halogens is 3. The molecule has 0 heterocycles. The van der Waals surface area contributed by atoms with E-state index in [1.807, 2.05) is 0 Å². The van der Waals surface area contributed by atoms with Crippen molar-refractivity contribution in [3.05, 3.63) is 38.9 Å². The molecule has 1 aliphatic rings. The molecule has 126 valence electrons. The van der Waals surface area contributed by atoms with Gasteiger partial charge in [0.25, 0.3) is 11.6 Å². The molecule has 1 fully saturated rings. The number of amides is 1. The summed E-state index contributed by atoms with van der Waals surface area (Å²) in [4.78, 5) is 22.8. The van der Waals surface area contributed by atoms with Gasteiger partial charge in [-0.3, -0.25) is 14.9 Å². The second-order valence-electron chi connectivity index (χ2n) is 5.65. The highest BCUT2D eigenvalue weighted by molar-refractivity contribution is 6.31.